The second-order valence-corrected chi connectivity index (χ2v) is 7.44. The number of hydrogen-bond donors (Lipinski definition) is 1. The van der Waals surface area contributed by atoms with Crippen molar-refractivity contribution in [3.63, 3.8) is 0 Å². The van der Waals surface area contributed by atoms with Crippen molar-refractivity contribution in [2.45, 2.75) is 73.5 Å². The summed E-state index contributed by atoms with van der Waals surface area (Å²) in [4.78, 5) is 21.9. The van der Waals surface area contributed by atoms with Crippen LogP contribution in [0.5, 0.6) is 0 Å². The van der Waals surface area contributed by atoms with Crippen molar-refractivity contribution in [3.05, 3.63) is 0 Å². The van der Waals surface area contributed by atoms with Gasteiger partial charge in [-0.15, -0.1) is 0 Å². The highest BCUT2D eigenvalue weighted by Gasteiger charge is 2.33. The molecule has 0 saturated carbocycles. The minimum absolute atomic E-state index is 0.0596. The summed E-state index contributed by atoms with van der Waals surface area (Å²) < 4.78 is 0. The molecule has 0 bridgehead atoms. The number of carboxylic acids is 1. The molecule has 0 aliphatic carbocycles. The largest absolute Gasteiger partial charge is 0.479 e. The first kappa shape index (κ1) is 18.4. The lowest BCUT2D eigenvalue weighted by Crippen LogP contribution is -2.38. The van der Waals surface area contributed by atoms with E-state index < -0.39 is 17.7 Å². The third-order valence-corrected chi connectivity index (χ3v) is 3.45. The second-order valence-electron chi connectivity index (χ2n) is 7.44. The molecule has 114 valence electrons. The topological polar surface area (TPSA) is 55.8 Å². The van der Waals surface area contributed by atoms with Crippen LogP contribution in [0.2, 0.25) is 0 Å². The van der Waals surface area contributed by atoms with Crippen molar-refractivity contribution in [2.75, 3.05) is 0 Å². The fraction of sp³-hybridized carbons (Fsp3) is 0.933. The van der Waals surface area contributed by atoms with Crippen LogP contribution >= 0.6 is 0 Å². The van der Waals surface area contributed by atoms with Gasteiger partial charge in [-0.05, 0) is 37.5 Å². The zero-order chi connectivity index (χ0) is 15.4. The second kappa shape index (κ2) is 6.71. The average molecular weight is 274 g/mol. The molecule has 0 fully saturated rings. The van der Waals surface area contributed by atoms with Crippen LogP contribution in [0.3, 0.4) is 0 Å². The summed E-state index contributed by atoms with van der Waals surface area (Å²) in [5.74, 6) is -0.850. The fourth-order valence-corrected chi connectivity index (χ4v) is 1.72. The molecule has 0 amide bonds. The molecule has 19 heavy (non-hydrogen) atoms. The highest BCUT2D eigenvalue weighted by Crippen LogP contribution is 2.29. The molecular formula is C15H30O4. The summed E-state index contributed by atoms with van der Waals surface area (Å²) >= 11 is 0. The molecule has 0 radical (unpaired) electrons. The Labute approximate surface area is 117 Å². The lowest BCUT2D eigenvalue weighted by atomic mass is 9.83. The molecule has 0 aromatic carbocycles. The van der Waals surface area contributed by atoms with Crippen LogP contribution in [0.25, 0.3) is 0 Å². The maximum absolute atomic E-state index is 11.3. The van der Waals surface area contributed by atoms with Gasteiger partial charge in [-0.25, -0.2) is 14.6 Å². The van der Waals surface area contributed by atoms with Crippen molar-refractivity contribution >= 4 is 5.97 Å². The lowest BCUT2D eigenvalue weighted by molar-refractivity contribution is -0.386. The number of carboxylic acid groups (broad SMARTS) is 1. The van der Waals surface area contributed by atoms with Gasteiger partial charge in [-0.3, -0.25) is 0 Å². The number of aliphatic carboxylic acids is 1. The Hall–Kier alpha value is -0.610. The summed E-state index contributed by atoms with van der Waals surface area (Å²) in [5.41, 5.74) is -0.445. The minimum atomic E-state index is -0.976. The molecule has 2 atom stereocenters. The van der Waals surface area contributed by atoms with Crippen molar-refractivity contribution in [2.24, 2.45) is 17.3 Å². The van der Waals surface area contributed by atoms with Gasteiger partial charge in [0, 0.05) is 0 Å². The summed E-state index contributed by atoms with van der Waals surface area (Å²) in [6.07, 6.45) is -0.174. The average Bonchev–Trinajstić information content (AvgIpc) is 2.13. The third-order valence-electron chi connectivity index (χ3n) is 3.45. The Morgan fingerprint density at radius 2 is 1.58 bits per heavy atom. The zero-order valence-corrected chi connectivity index (χ0v) is 13.6. The van der Waals surface area contributed by atoms with Gasteiger partial charge in [0.25, 0.3) is 0 Å². The Morgan fingerprint density at radius 1 is 1.11 bits per heavy atom. The van der Waals surface area contributed by atoms with Crippen LogP contribution in [0, 0.1) is 17.3 Å². The molecule has 4 heteroatoms. The van der Waals surface area contributed by atoms with Crippen molar-refractivity contribution < 1.29 is 19.7 Å². The van der Waals surface area contributed by atoms with E-state index in [0.29, 0.717) is 0 Å². The van der Waals surface area contributed by atoms with Crippen LogP contribution in [0.15, 0.2) is 0 Å². The SMILES string of the molecule is CC(CC(C)(C)C)C(OOC(C)(C)C(C)C)C(=O)O. The Bertz CT molecular complexity index is 289. The molecule has 0 saturated heterocycles. The van der Waals surface area contributed by atoms with Crippen LogP contribution in [-0.2, 0) is 14.6 Å². The van der Waals surface area contributed by atoms with Crippen molar-refractivity contribution in [1.29, 1.82) is 0 Å². The molecule has 2 unspecified atom stereocenters. The molecule has 0 aromatic heterocycles. The fourth-order valence-electron chi connectivity index (χ4n) is 1.72. The first-order valence-electron chi connectivity index (χ1n) is 6.94. The first-order chi connectivity index (χ1) is 8.37. The minimum Gasteiger partial charge on any atom is -0.479 e. The molecule has 1 N–H and O–H groups in total. The predicted octanol–water partition coefficient (Wildman–Crippen LogP) is 3.89. The van der Waals surface area contributed by atoms with E-state index in [9.17, 15) is 9.90 Å². The van der Waals surface area contributed by atoms with Gasteiger partial charge in [0.15, 0.2) is 6.10 Å². The molecule has 0 spiro atoms. The van der Waals surface area contributed by atoms with Gasteiger partial charge in [-0.1, -0.05) is 41.5 Å². The summed E-state index contributed by atoms with van der Waals surface area (Å²) in [6.45, 7) is 15.9. The van der Waals surface area contributed by atoms with Crippen LogP contribution in [0.4, 0.5) is 0 Å². The van der Waals surface area contributed by atoms with E-state index in [0.717, 1.165) is 6.42 Å². The van der Waals surface area contributed by atoms with Gasteiger partial charge >= 0.3 is 5.97 Å². The van der Waals surface area contributed by atoms with Crippen LogP contribution < -0.4 is 0 Å². The van der Waals surface area contributed by atoms with E-state index in [-0.39, 0.29) is 17.3 Å². The van der Waals surface area contributed by atoms with E-state index in [1.807, 2.05) is 34.6 Å². The standard InChI is InChI=1S/C15H30O4/c1-10(2)15(7,8)19-18-12(13(16)17)11(3)9-14(4,5)6/h10-12H,9H2,1-8H3,(H,16,17). The quantitative estimate of drug-likeness (QED) is 0.565. The van der Waals surface area contributed by atoms with E-state index in [1.54, 1.807) is 0 Å². The summed E-state index contributed by atoms with van der Waals surface area (Å²) in [5, 5.41) is 9.27. The lowest BCUT2D eigenvalue weighted by Gasteiger charge is -2.32. The van der Waals surface area contributed by atoms with E-state index in [4.69, 9.17) is 9.78 Å². The Kier molecular flexibility index (Phi) is 6.49. The highest BCUT2D eigenvalue weighted by atomic mass is 17.2. The molecule has 0 aromatic rings. The monoisotopic (exact) mass is 274 g/mol. The smallest absolute Gasteiger partial charge is 0.336 e. The number of carbonyl (C=O) groups is 1. The Morgan fingerprint density at radius 3 is 1.89 bits per heavy atom. The highest BCUT2D eigenvalue weighted by molar-refractivity contribution is 5.72. The maximum atomic E-state index is 11.3. The normalized spacial score (nSPS) is 16.5. The number of hydrogen-bond acceptors (Lipinski definition) is 3. The summed E-state index contributed by atoms with van der Waals surface area (Å²) in [6, 6.07) is 0. The van der Waals surface area contributed by atoms with Gasteiger partial charge in [0.05, 0.1) is 0 Å². The van der Waals surface area contributed by atoms with Gasteiger partial charge in [-0.2, -0.15) is 0 Å². The van der Waals surface area contributed by atoms with E-state index in [2.05, 4.69) is 20.8 Å². The van der Waals surface area contributed by atoms with Crippen molar-refractivity contribution in [1.82, 2.24) is 0 Å². The molecular weight excluding hydrogens is 244 g/mol. The van der Waals surface area contributed by atoms with Gasteiger partial charge in [0.1, 0.15) is 5.60 Å². The predicted molar refractivity (Wildman–Crippen MR) is 75.7 cm³/mol. The Balaban J connectivity index is 4.64. The summed E-state index contributed by atoms with van der Waals surface area (Å²) in [7, 11) is 0. The molecule has 0 aliphatic heterocycles. The van der Waals surface area contributed by atoms with E-state index >= 15 is 0 Å². The number of rotatable bonds is 7. The van der Waals surface area contributed by atoms with Crippen LogP contribution in [0.1, 0.15) is 61.8 Å². The van der Waals surface area contributed by atoms with Crippen molar-refractivity contribution in [3.8, 4) is 0 Å². The molecule has 0 heterocycles. The van der Waals surface area contributed by atoms with E-state index in [1.165, 1.54) is 0 Å². The van der Waals surface area contributed by atoms with Gasteiger partial charge < -0.3 is 5.11 Å². The molecule has 4 nitrogen and oxygen atoms in total. The molecule has 0 aliphatic rings. The zero-order valence-electron chi connectivity index (χ0n) is 13.6. The van der Waals surface area contributed by atoms with Gasteiger partial charge in [0.2, 0.25) is 0 Å². The first-order valence-corrected chi connectivity index (χ1v) is 6.94. The third kappa shape index (κ3) is 6.92. The van der Waals surface area contributed by atoms with Crippen LogP contribution in [-0.4, -0.2) is 22.8 Å². The maximum Gasteiger partial charge on any atom is 0.336 e. The molecule has 0 rings (SSSR count).